The predicted octanol–water partition coefficient (Wildman–Crippen LogP) is 2.71. The second kappa shape index (κ2) is 9.56. The zero-order valence-electron chi connectivity index (χ0n) is 16.6. The molecular weight excluding hydrogens is 388 g/mol. The van der Waals surface area contributed by atoms with Gasteiger partial charge in [-0.25, -0.2) is 4.98 Å². The quantitative estimate of drug-likeness (QED) is 0.789. The number of thioether (sulfide) groups is 1. The van der Waals surface area contributed by atoms with Crippen molar-refractivity contribution in [3.63, 3.8) is 0 Å². The van der Waals surface area contributed by atoms with Gasteiger partial charge in [0.2, 0.25) is 17.7 Å². The van der Waals surface area contributed by atoms with E-state index in [1.54, 1.807) is 36.0 Å². The fourth-order valence-corrected chi connectivity index (χ4v) is 4.05. The third-order valence-electron chi connectivity index (χ3n) is 4.57. The summed E-state index contributed by atoms with van der Waals surface area (Å²) in [6, 6.07) is 11.4. The van der Waals surface area contributed by atoms with E-state index in [0.717, 1.165) is 21.9 Å². The van der Waals surface area contributed by atoms with Gasteiger partial charge in [-0.1, -0.05) is 12.1 Å². The molecule has 0 saturated heterocycles. The molecule has 1 aliphatic rings. The van der Waals surface area contributed by atoms with E-state index in [2.05, 4.69) is 10.3 Å². The molecule has 8 heteroatoms. The second-order valence-electron chi connectivity index (χ2n) is 6.88. The molecule has 1 N–H and O–H groups in total. The van der Waals surface area contributed by atoms with Crippen LogP contribution in [-0.2, 0) is 14.4 Å². The Morgan fingerprint density at radius 2 is 2.00 bits per heavy atom. The van der Waals surface area contributed by atoms with Gasteiger partial charge < -0.3 is 15.1 Å². The Balaban J connectivity index is 1.49. The van der Waals surface area contributed by atoms with Crippen LogP contribution < -0.4 is 10.2 Å². The van der Waals surface area contributed by atoms with Gasteiger partial charge in [0.1, 0.15) is 5.82 Å². The second-order valence-corrected chi connectivity index (χ2v) is 8.01. The van der Waals surface area contributed by atoms with E-state index in [1.165, 1.54) is 4.90 Å². The van der Waals surface area contributed by atoms with Crippen molar-refractivity contribution in [3.8, 4) is 0 Å². The average Bonchev–Trinajstić information content (AvgIpc) is 2.71. The van der Waals surface area contributed by atoms with Gasteiger partial charge in [-0.2, -0.15) is 0 Å². The molecular formula is C21H24N4O3S. The lowest BCUT2D eigenvalue weighted by Crippen LogP contribution is -2.38. The Labute approximate surface area is 174 Å². The summed E-state index contributed by atoms with van der Waals surface area (Å²) in [7, 11) is 1.56. The topological polar surface area (TPSA) is 82.6 Å². The van der Waals surface area contributed by atoms with Gasteiger partial charge in [-0.15, -0.1) is 11.8 Å². The molecule has 7 nitrogen and oxygen atoms in total. The molecule has 3 amide bonds. The summed E-state index contributed by atoms with van der Waals surface area (Å²) in [4.78, 5) is 45.4. The fraction of sp³-hybridized carbons (Fsp3) is 0.333. The first-order chi connectivity index (χ1) is 13.9. The van der Waals surface area contributed by atoms with Crippen LogP contribution in [0.2, 0.25) is 0 Å². The molecule has 1 aromatic carbocycles. The minimum atomic E-state index is -0.327. The number of likely N-dealkylation sites (N-methyl/N-ethyl adjacent to an activating group) is 1. The molecule has 152 valence electrons. The first-order valence-corrected chi connectivity index (χ1v) is 10.4. The van der Waals surface area contributed by atoms with E-state index < -0.39 is 0 Å². The third-order valence-corrected chi connectivity index (χ3v) is 5.61. The molecule has 0 bridgehead atoms. The number of rotatable bonds is 6. The number of anilines is 2. The highest BCUT2D eigenvalue weighted by Gasteiger charge is 2.23. The van der Waals surface area contributed by atoms with E-state index in [9.17, 15) is 14.4 Å². The molecule has 2 heterocycles. The van der Waals surface area contributed by atoms with Crippen LogP contribution in [0.1, 0.15) is 18.4 Å². The number of nitrogens with zero attached hydrogens (tertiary/aromatic N) is 3. The maximum Gasteiger partial charge on any atom is 0.245 e. The van der Waals surface area contributed by atoms with Crippen LogP contribution in [0, 0.1) is 6.92 Å². The summed E-state index contributed by atoms with van der Waals surface area (Å²) < 4.78 is 0. The summed E-state index contributed by atoms with van der Waals surface area (Å²) >= 11 is 1.73. The minimum Gasteiger partial charge on any atom is -0.336 e. The van der Waals surface area contributed by atoms with Crippen LogP contribution in [0.25, 0.3) is 0 Å². The predicted molar refractivity (Wildman–Crippen MR) is 114 cm³/mol. The van der Waals surface area contributed by atoms with Crippen molar-refractivity contribution in [2.24, 2.45) is 0 Å². The van der Waals surface area contributed by atoms with Gasteiger partial charge in [-0.3, -0.25) is 14.4 Å². The Morgan fingerprint density at radius 1 is 1.21 bits per heavy atom. The van der Waals surface area contributed by atoms with Gasteiger partial charge >= 0.3 is 0 Å². The Morgan fingerprint density at radius 3 is 2.79 bits per heavy atom. The number of aromatic nitrogens is 1. The number of nitrogens with one attached hydrogen (secondary N) is 1. The van der Waals surface area contributed by atoms with Gasteiger partial charge in [0.05, 0.1) is 12.2 Å². The Kier molecular flexibility index (Phi) is 6.87. The van der Waals surface area contributed by atoms with Crippen LogP contribution >= 0.6 is 11.8 Å². The number of pyridine rings is 1. The molecule has 2 aromatic rings. The van der Waals surface area contributed by atoms with Crippen LogP contribution in [0.15, 0.2) is 47.5 Å². The number of hydrogen-bond donors (Lipinski definition) is 1. The van der Waals surface area contributed by atoms with E-state index in [-0.39, 0.29) is 37.1 Å². The van der Waals surface area contributed by atoms with Crippen molar-refractivity contribution in [3.05, 3.63) is 48.2 Å². The summed E-state index contributed by atoms with van der Waals surface area (Å²) in [6.45, 7) is 2.45. The molecule has 0 radical (unpaired) electrons. The number of benzene rings is 1. The number of aryl methyl sites for hydroxylation is 1. The molecule has 0 fully saturated rings. The number of fused-ring (bicyclic) bond motifs is 1. The highest BCUT2D eigenvalue weighted by Crippen LogP contribution is 2.34. The third kappa shape index (κ3) is 5.57. The lowest BCUT2D eigenvalue weighted by molar-refractivity contribution is -0.134. The lowest BCUT2D eigenvalue weighted by Gasteiger charge is -2.29. The lowest BCUT2D eigenvalue weighted by atomic mass is 10.2. The number of para-hydroxylation sites is 1. The molecule has 29 heavy (non-hydrogen) atoms. The molecule has 1 aromatic heterocycles. The number of amides is 3. The summed E-state index contributed by atoms with van der Waals surface area (Å²) in [5.74, 6) is 0.641. The molecule has 0 spiro atoms. The van der Waals surface area contributed by atoms with Crippen molar-refractivity contribution in [2.45, 2.75) is 24.7 Å². The zero-order chi connectivity index (χ0) is 20.8. The first kappa shape index (κ1) is 20.9. The van der Waals surface area contributed by atoms with Crippen molar-refractivity contribution in [1.82, 2.24) is 9.88 Å². The normalized spacial score (nSPS) is 12.8. The van der Waals surface area contributed by atoms with E-state index in [4.69, 9.17) is 0 Å². The number of carbonyl (C=O) groups excluding carboxylic acids is 3. The molecule has 1 aliphatic heterocycles. The monoisotopic (exact) mass is 412 g/mol. The molecule has 0 atom stereocenters. The summed E-state index contributed by atoms with van der Waals surface area (Å²) in [5, 5.41) is 2.67. The highest BCUT2D eigenvalue weighted by atomic mass is 32.2. The van der Waals surface area contributed by atoms with Crippen molar-refractivity contribution < 1.29 is 14.4 Å². The molecule has 3 rings (SSSR count). The van der Waals surface area contributed by atoms with Gasteiger partial charge in [0.15, 0.2) is 0 Å². The minimum absolute atomic E-state index is 0.0666. The Bertz CT molecular complexity index is 918. The van der Waals surface area contributed by atoms with Crippen LogP contribution in [0.5, 0.6) is 0 Å². The molecule has 0 aliphatic carbocycles. The van der Waals surface area contributed by atoms with Crippen LogP contribution in [0.4, 0.5) is 11.5 Å². The fourth-order valence-electron chi connectivity index (χ4n) is 3.06. The van der Waals surface area contributed by atoms with Gasteiger partial charge in [-0.05, 0) is 36.8 Å². The number of hydrogen-bond acceptors (Lipinski definition) is 5. The Hall–Kier alpha value is -2.87. The van der Waals surface area contributed by atoms with E-state index in [1.807, 2.05) is 37.3 Å². The maximum atomic E-state index is 12.6. The number of carbonyl (C=O) groups is 3. The van der Waals surface area contributed by atoms with E-state index in [0.29, 0.717) is 12.4 Å². The largest absolute Gasteiger partial charge is 0.336 e. The standard InChI is InChI=1S/C21H24N4O3S/c1-15-9-10-22-18(13-15)23-19(26)14-24(2)20(27)7-8-21(28)25-11-12-29-17-6-4-3-5-16(17)25/h3-6,9-10,13H,7-8,11-12,14H2,1-2H3,(H,22,23,26). The van der Waals surface area contributed by atoms with Crippen molar-refractivity contribution in [2.75, 3.05) is 36.1 Å². The first-order valence-electron chi connectivity index (χ1n) is 9.42. The SMILES string of the molecule is Cc1ccnc(NC(=O)CN(C)C(=O)CCC(=O)N2CCSc3ccccc32)c1. The van der Waals surface area contributed by atoms with Crippen molar-refractivity contribution in [1.29, 1.82) is 0 Å². The molecule has 0 unspecified atom stereocenters. The van der Waals surface area contributed by atoms with E-state index >= 15 is 0 Å². The zero-order valence-corrected chi connectivity index (χ0v) is 17.4. The van der Waals surface area contributed by atoms with Gasteiger partial charge in [0, 0.05) is 43.3 Å². The summed E-state index contributed by atoms with van der Waals surface area (Å²) in [6.07, 6.45) is 1.79. The molecule has 0 saturated carbocycles. The average molecular weight is 413 g/mol. The summed E-state index contributed by atoms with van der Waals surface area (Å²) in [5.41, 5.74) is 1.88. The van der Waals surface area contributed by atoms with Crippen LogP contribution in [0.3, 0.4) is 0 Å². The maximum absolute atomic E-state index is 12.6. The van der Waals surface area contributed by atoms with Crippen LogP contribution in [-0.4, -0.2) is 53.5 Å². The van der Waals surface area contributed by atoms with Crippen molar-refractivity contribution >= 4 is 41.0 Å². The van der Waals surface area contributed by atoms with Gasteiger partial charge in [0.25, 0.3) is 0 Å². The smallest absolute Gasteiger partial charge is 0.245 e. The highest BCUT2D eigenvalue weighted by molar-refractivity contribution is 7.99.